The summed E-state index contributed by atoms with van der Waals surface area (Å²) in [7, 11) is 0. The van der Waals surface area contributed by atoms with Gasteiger partial charge in [-0.25, -0.2) is 0 Å². The fraction of sp³-hybridized carbons (Fsp3) is 0.231. The van der Waals surface area contributed by atoms with Gasteiger partial charge in [0.1, 0.15) is 11.5 Å². The van der Waals surface area contributed by atoms with Gasteiger partial charge in [0.25, 0.3) is 0 Å². The molecule has 2 unspecified atom stereocenters. The zero-order valence-corrected chi connectivity index (χ0v) is 32.1. The normalized spacial score (nSPS) is 18.2. The summed E-state index contributed by atoms with van der Waals surface area (Å²) >= 11 is 0. The molecular weight excluding hydrogens is 657 g/mol. The maximum atomic E-state index is 11.6. The maximum absolute atomic E-state index is 11.6. The third-order valence-electron chi connectivity index (χ3n) is 11.6. The highest BCUT2D eigenvalue weighted by molar-refractivity contribution is 5.51. The van der Waals surface area contributed by atoms with Crippen LogP contribution in [0, 0.1) is 10.8 Å². The van der Waals surface area contributed by atoms with Crippen molar-refractivity contribution in [3.63, 3.8) is 0 Å². The number of hydrogen-bond donors (Lipinski definition) is 2. The highest BCUT2D eigenvalue weighted by Gasteiger charge is 2.36. The van der Waals surface area contributed by atoms with Crippen molar-refractivity contribution < 1.29 is 10.2 Å². The molecule has 6 aromatic carbocycles. The van der Waals surface area contributed by atoms with Crippen molar-refractivity contribution in [2.45, 2.75) is 66.2 Å². The minimum Gasteiger partial charge on any atom is -0.507 e. The van der Waals surface area contributed by atoms with E-state index in [9.17, 15) is 10.2 Å². The Morgan fingerprint density at radius 3 is 0.852 bits per heavy atom. The molecule has 0 bridgehead atoms. The van der Waals surface area contributed by atoms with Crippen molar-refractivity contribution >= 4 is 0 Å². The quantitative estimate of drug-likeness (QED) is 0.124. The predicted molar refractivity (Wildman–Crippen MR) is 224 cm³/mol. The van der Waals surface area contributed by atoms with Crippen LogP contribution < -0.4 is 0 Å². The van der Waals surface area contributed by atoms with Crippen LogP contribution in [0.3, 0.4) is 0 Å². The first-order chi connectivity index (χ1) is 26.1. The molecule has 0 spiro atoms. The average Bonchev–Trinajstić information content (AvgIpc) is 3.16. The smallest absolute Gasteiger partial charge is 0.122 e. The molecule has 1 aliphatic carbocycles. The lowest BCUT2D eigenvalue weighted by atomic mass is 9.64. The van der Waals surface area contributed by atoms with Crippen molar-refractivity contribution in [1.29, 1.82) is 0 Å². The fourth-order valence-electron chi connectivity index (χ4n) is 8.41. The van der Waals surface area contributed by atoms with E-state index in [1.165, 1.54) is 44.5 Å². The van der Waals surface area contributed by atoms with Gasteiger partial charge < -0.3 is 10.2 Å². The molecule has 0 amide bonds. The van der Waals surface area contributed by atoms with Gasteiger partial charge in [-0.1, -0.05) is 183 Å². The molecule has 0 aromatic heterocycles. The van der Waals surface area contributed by atoms with Gasteiger partial charge in [0.05, 0.1) is 0 Å². The van der Waals surface area contributed by atoms with Crippen molar-refractivity contribution in [2.24, 2.45) is 10.8 Å². The average molecular weight is 709 g/mol. The van der Waals surface area contributed by atoms with E-state index >= 15 is 0 Å². The summed E-state index contributed by atoms with van der Waals surface area (Å²) in [5.41, 5.74) is 13.5. The number of hydrogen-bond acceptors (Lipinski definition) is 2. The van der Waals surface area contributed by atoms with Crippen molar-refractivity contribution in [2.75, 3.05) is 0 Å². The van der Waals surface area contributed by atoms with Crippen molar-refractivity contribution in [1.82, 2.24) is 0 Å². The lowest BCUT2D eigenvalue weighted by Crippen LogP contribution is -2.30. The molecule has 0 radical (unpaired) electrons. The molecule has 2 heteroatoms. The van der Waals surface area contributed by atoms with Crippen LogP contribution in [0.4, 0.5) is 0 Å². The van der Waals surface area contributed by atoms with E-state index in [1.807, 2.05) is 24.3 Å². The van der Waals surface area contributed by atoms with E-state index in [4.69, 9.17) is 0 Å². The van der Waals surface area contributed by atoms with Gasteiger partial charge in [-0.15, -0.1) is 0 Å². The Hall–Kier alpha value is -5.60. The highest BCUT2D eigenvalue weighted by Crippen LogP contribution is 2.47. The number of benzene rings is 6. The van der Waals surface area contributed by atoms with E-state index in [1.54, 1.807) is 0 Å². The molecule has 54 heavy (non-hydrogen) atoms. The Balaban J connectivity index is 1.19. The molecule has 0 aliphatic heterocycles. The molecule has 1 aliphatic rings. The largest absolute Gasteiger partial charge is 0.507 e. The minimum absolute atomic E-state index is 0.180. The van der Waals surface area contributed by atoms with Crippen molar-refractivity contribution in [3.8, 4) is 11.5 Å². The molecule has 7 rings (SSSR count). The number of rotatable bonds is 12. The summed E-state index contributed by atoms with van der Waals surface area (Å²) in [5, 5.41) is 23.2. The van der Waals surface area contributed by atoms with Gasteiger partial charge in [-0.05, 0) is 82.3 Å². The Bertz CT molecular complexity index is 1980. The molecule has 2 atom stereocenters. The van der Waals surface area contributed by atoms with Crippen LogP contribution in [0.15, 0.2) is 169 Å². The number of phenolic OH excluding ortho intramolecular Hbond substituents is 2. The molecule has 2 nitrogen and oxygen atoms in total. The zero-order chi connectivity index (χ0) is 37.7. The minimum atomic E-state index is -0.180. The second-order valence-electron chi connectivity index (χ2n) is 16.0. The molecule has 0 saturated carbocycles. The van der Waals surface area contributed by atoms with Gasteiger partial charge in [-0.3, -0.25) is 0 Å². The monoisotopic (exact) mass is 708 g/mol. The Morgan fingerprint density at radius 1 is 0.370 bits per heavy atom. The molecular formula is C52H52O2. The summed E-state index contributed by atoms with van der Waals surface area (Å²) in [6.45, 7) is 9.30. The van der Waals surface area contributed by atoms with Crippen molar-refractivity contribution in [3.05, 3.63) is 225 Å². The Labute approximate surface area is 322 Å². The first-order valence-corrected chi connectivity index (χ1v) is 19.3. The van der Waals surface area contributed by atoms with Crippen LogP contribution in [-0.2, 0) is 38.5 Å². The van der Waals surface area contributed by atoms with Crippen LogP contribution >= 0.6 is 0 Å². The molecule has 0 heterocycles. The summed E-state index contributed by atoms with van der Waals surface area (Å²) in [4.78, 5) is 0. The summed E-state index contributed by atoms with van der Waals surface area (Å²) in [5.74, 6) is 0.804. The number of allylic oxidation sites excluding steroid dienone is 4. The lowest BCUT2D eigenvalue weighted by molar-refractivity contribution is 0.419. The van der Waals surface area contributed by atoms with Gasteiger partial charge in [0, 0.05) is 36.5 Å². The van der Waals surface area contributed by atoms with E-state index < -0.39 is 0 Å². The van der Waals surface area contributed by atoms with Crippen LogP contribution in [0.5, 0.6) is 11.5 Å². The predicted octanol–water partition coefficient (Wildman–Crippen LogP) is 12.2. The topological polar surface area (TPSA) is 40.5 Å². The van der Waals surface area contributed by atoms with E-state index in [2.05, 4.69) is 161 Å². The Kier molecular flexibility index (Phi) is 10.7. The highest BCUT2D eigenvalue weighted by atomic mass is 16.3. The Morgan fingerprint density at radius 2 is 0.611 bits per heavy atom. The first-order valence-electron chi connectivity index (χ1n) is 19.3. The van der Waals surface area contributed by atoms with Gasteiger partial charge >= 0.3 is 0 Å². The lowest BCUT2D eigenvalue weighted by Gasteiger charge is -2.40. The standard InChI is InChI=1S/C52H52O2/c1-37-33-52(4,36-44-31-47(27-41-21-13-7-14-22-41)50(54)48(32-44)28-42-23-15-8-16-24-42)38(2)34-51(37,3)35-43-29-45(25-39-17-9-5-10-18-39)49(53)46(30-43)26-40-19-11-6-12-20-40/h5-24,29-34,53-54H,25-28,35-36H2,1-4H3. The third-order valence-corrected chi connectivity index (χ3v) is 11.6. The first kappa shape index (κ1) is 36.7. The molecule has 0 saturated heterocycles. The van der Waals surface area contributed by atoms with Crippen LogP contribution in [0.1, 0.15) is 83.3 Å². The molecule has 0 fully saturated rings. The number of aromatic hydroxyl groups is 2. The van der Waals surface area contributed by atoms with Gasteiger partial charge in [0.15, 0.2) is 0 Å². The fourth-order valence-corrected chi connectivity index (χ4v) is 8.41. The zero-order valence-electron chi connectivity index (χ0n) is 32.1. The van der Waals surface area contributed by atoms with E-state index in [0.29, 0.717) is 37.2 Å². The molecule has 272 valence electrons. The third kappa shape index (κ3) is 8.45. The van der Waals surface area contributed by atoms with E-state index in [0.717, 1.165) is 35.1 Å². The second kappa shape index (κ2) is 15.8. The maximum Gasteiger partial charge on any atom is 0.122 e. The summed E-state index contributed by atoms with van der Waals surface area (Å²) in [6.07, 6.45) is 9.43. The van der Waals surface area contributed by atoms with Crippen LogP contribution in [0.2, 0.25) is 0 Å². The second-order valence-corrected chi connectivity index (χ2v) is 16.0. The number of phenols is 2. The van der Waals surface area contributed by atoms with Gasteiger partial charge in [0.2, 0.25) is 0 Å². The van der Waals surface area contributed by atoms with Crippen LogP contribution in [0.25, 0.3) is 0 Å². The van der Waals surface area contributed by atoms with E-state index in [-0.39, 0.29) is 10.8 Å². The van der Waals surface area contributed by atoms with Gasteiger partial charge in [-0.2, -0.15) is 0 Å². The summed E-state index contributed by atoms with van der Waals surface area (Å²) < 4.78 is 0. The molecule has 6 aromatic rings. The molecule has 2 N–H and O–H groups in total. The SMILES string of the molecule is CC1=CC(C)(Cc2cc(Cc3ccccc3)c(O)c(Cc3ccccc3)c2)C(C)=CC1(C)Cc1cc(Cc2ccccc2)c(O)c(Cc2ccccc2)c1. The summed E-state index contributed by atoms with van der Waals surface area (Å²) in [6, 6.07) is 50.7. The van der Waals surface area contributed by atoms with Crippen LogP contribution in [-0.4, -0.2) is 10.2 Å².